The number of fused-ring (bicyclic) bond motifs is 1. The number of hydrogen-bond acceptors (Lipinski definition) is 6. The van der Waals surface area contributed by atoms with Gasteiger partial charge in [-0.15, -0.1) is 0 Å². The van der Waals surface area contributed by atoms with Crippen molar-refractivity contribution in [3.63, 3.8) is 0 Å². The molecule has 7 nitrogen and oxygen atoms in total. The molecule has 5 rings (SSSR count). The summed E-state index contributed by atoms with van der Waals surface area (Å²) >= 11 is 0. The number of benzene rings is 2. The summed E-state index contributed by atoms with van der Waals surface area (Å²) in [5.41, 5.74) is 3.72. The molecule has 0 atom stereocenters. The fraction of sp³-hybridized carbons (Fsp3) is 0.0909. The first-order valence-corrected chi connectivity index (χ1v) is 9.23. The Morgan fingerprint density at radius 2 is 1.83 bits per heavy atom. The van der Waals surface area contributed by atoms with E-state index in [0.29, 0.717) is 30.6 Å². The molecule has 0 spiro atoms. The van der Waals surface area contributed by atoms with E-state index in [9.17, 15) is 0 Å². The molecule has 2 aromatic carbocycles. The predicted octanol–water partition coefficient (Wildman–Crippen LogP) is 4.18. The zero-order chi connectivity index (χ0) is 19.5. The fourth-order valence-electron chi connectivity index (χ4n) is 3.10. The van der Waals surface area contributed by atoms with Crippen molar-refractivity contribution in [1.29, 1.82) is 0 Å². The molecule has 0 saturated heterocycles. The normalized spacial score (nSPS) is 11.0. The van der Waals surface area contributed by atoms with Crippen LogP contribution >= 0.6 is 0 Å². The summed E-state index contributed by atoms with van der Waals surface area (Å²) in [5, 5.41) is 12.5. The Bertz CT molecular complexity index is 1250. The maximum absolute atomic E-state index is 5.78. The number of rotatable bonds is 6. The largest absolute Gasteiger partial charge is 0.473 e. The van der Waals surface area contributed by atoms with Gasteiger partial charge in [0.1, 0.15) is 6.61 Å². The number of ether oxygens (including phenoxy) is 1. The molecule has 1 N–H and O–H groups in total. The van der Waals surface area contributed by atoms with Crippen LogP contribution in [0, 0.1) is 0 Å². The Hall–Kier alpha value is -4.00. The van der Waals surface area contributed by atoms with Crippen LogP contribution in [0.25, 0.3) is 22.3 Å². The molecule has 0 fully saturated rings. The highest BCUT2D eigenvalue weighted by Gasteiger charge is 2.13. The van der Waals surface area contributed by atoms with Gasteiger partial charge in [0.15, 0.2) is 0 Å². The third-order valence-electron chi connectivity index (χ3n) is 4.56. The Labute approximate surface area is 166 Å². The number of hydrogen-bond donors (Lipinski definition) is 1. The number of aromatic nitrogens is 5. The molecule has 0 saturated carbocycles. The molecule has 3 heterocycles. The molecule has 0 radical (unpaired) electrons. The Morgan fingerprint density at radius 1 is 0.966 bits per heavy atom. The van der Waals surface area contributed by atoms with Crippen molar-refractivity contribution in [1.82, 2.24) is 25.3 Å². The summed E-state index contributed by atoms with van der Waals surface area (Å²) < 4.78 is 11.2. The number of para-hydroxylation sites is 1. The van der Waals surface area contributed by atoms with E-state index in [1.165, 1.54) is 0 Å². The summed E-state index contributed by atoms with van der Waals surface area (Å²) in [7, 11) is 0. The lowest BCUT2D eigenvalue weighted by Gasteiger charge is -2.05. The monoisotopic (exact) mass is 383 g/mol. The van der Waals surface area contributed by atoms with E-state index in [1.54, 1.807) is 6.20 Å². The van der Waals surface area contributed by atoms with Gasteiger partial charge in [-0.25, -0.2) is 4.98 Å². The average Bonchev–Trinajstić information content (AvgIpc) is 3.41. The highest BCUT2D eigenvalue weighted by atomic mass is 16.5. The first-order valence-electron chi connectivity index (χ1n) is 9.23. The van der Waals surface area contributed by atoms with E-state index in [1.807, 2.05) is 66.7 Å². The summed E-state index contributed by atoms with van der Waals surface area (Å²) in [4.78, 5) is 8.77. The molecule has 29 heavy (non-hydrogen) atoms. The minimum Gasteiger partial charge on any atom is -0.473 e. The first-order chi connectivity index (χ1) is 14.3. The first kappa shape index (κ1) is 17.1. The van der Waals surface area contributed by atoms with Crippen LogP contribution in [0.2, 0.25) is 0 Å². The third-order valence-corrected chi connectivity index (χ3v) is 4.56. The van der Waals surface area contributed by atoms with Gasteiger partial charge in [-0.2, -0.15) is 10.1 Å². The average molecular weight is 383 g/mol. The van der Waals surface area contributed by atoms with E-state index in [2.05, 4.69) is 25.3 Å². The third kappa shape index (κ3) is 3.70. The van der Waals surface area contributed by atoms with Gasteiger partial charge in [0.05, 0.1) is 17.6 Å². The molecule has 142 valence electrons. The van der Waals surface area contributed by atoms with Gasteiger partial charge < -0.3 is 9.26 Å². The van der Waals surface area contributed by atoms with Gasteiger partial charge in [-0.05, 0) is 17.7 Å². The van der Waals surface area contributed by atoms with Crippen LogP contribution in [0.3, 0.4) is 0 Å². The minimum atomic E-state index is 0.446. The molecule has 0 unspecified atom stereocenters. The van der Waals surface area contributed by atoms with Crippen LogP contribution in [0.5, 0.6) is 5.88 Å². The number of aromatic amines is 1. The van der Waals surface area contributed by atoms with Crippen LogP contribution in [0.1, 0.15) is 17.1 Å². The van der Waals surface area contributed by atoms with E-state index in [0.717, 1.165) is 27.7 Å². The number of pyridine rings is 1. The van der Waals surface area contributed by atoms with Crippen molar-refractivity contribution < 1.29 is 9.26 Å². The summed E-state index contributed by atoms with van der Waals surface area (Å²) in [5.74, 6) is 1.52. The van der Waals surface area contributed by atoms with Gasteiger partial charge in [0, 0.05) is 23.2 Å². The molecule has 3 aromatic heterocycles. The van der Waals surface area contributed by atoms with Crippen LogP contribution in [-0.4, -0.2) is 25.3 Å². The van der Waals surface area contributed by atoms with Gasteiger partial charge in [0.2, 0.25) is 17.6 Å². The van der Waals surface area contributed by atoms with Crippen molar-refractivity contribution in [2.24, 2.45) is 0 Å². The lowest BCUT2D eigenvalue weighted by atomic mass is 10.2. The molecule has 0 aliphatic heterocycles. The van der Waals surface area contributed by atoms with Crippen molar-refractivity contribution in [3.8, 4) is 17.3 Å². The summed E-state index contributed by atoms with van der Waals surface area (Å²) in [6.07, 6.45) is 2.16. The molecular formula is C22H17N5O2. The fourth-order valence-corrected chi connectivity index (χ4v) is 3.10. The number of nitrogens with one attached hydrogen (secondary N) is 1. The SMILES string of the molecule is c1ccc(COc2cc(-c3noc(Cc4[nH]nc5ccccc45)n3)ccn2)cc1. The molecular weight excluding hydrogens is 366 g/mol. The van der Waals surface area contributed by atoms with Gasteiger partial charge in [-0.1, -0.05) is 53.7 Å². The maximum Gasteiger partial charge on any atom is 0.232 e. The molecule has 5 aromatic rings. The Balaban J connectivity index is 1.32. The molecule has 0 aliphatic carbocycles. The van der Waals surface area contributed by atoms with Crippen molar-refractivity contribution in [2.75, 3.05) is 0 Å². The van der Waals surface area contributed by atoms with Gasteiger partial charge >= 0.3 is 0 Å². The maximum atomic E-state index is 5.78. The van der Waals surface area contributed by atoms with Crippen molar-refractivity contribution in [3.05, 3.63) is 90.1 Å². The predicted molar refractivity (Wildman–Crippen MR) is 107 cm³/mol. The Kier molecular flexibility index (Phi) is 4.46. The molecule has 7 heteroatoms. The highest BCUT2D eigenvalue weighted by Crippen LogP contribution is 2.22. The van der Waals surface area contributed by atoms with E-state index in [-0.39, 0.29) is 0 Å². The zero-order valence-electron chi connectivity index (χ0n) is 15.4. The minimum absolute atomic E-state index is 0.446. The molecule has 0 bridgehead atoms. The second kappa shape index (κ2) is 7.55. The van der Waals surface area contributed by atoms with Crippen LogP contribution < -0.4 is 4.74 Å². The summed E-state index contributed by atoms with van der Waals surface area (Å²) in [6.45, 7) is 0.446. The molecule has 0 amide bonds. The van der Waals surface area contributed by atoms with Crippen LogP contribution in [-0.2, 0) is 13.0 Å². The van der Waals surface area contributed by atoms with Crippen LogP contribution in [0.4, 0.5) is 0 Å². The number of nitrogens with zero attached hydrogens (tertiary/aromatic N) is 4. The smallest absolute Gasteiger partial charge is 0.232 e. The van der Waals surface area contributed by atoms with Gasteiger partial charge in [0.25, 0.3) is 0 Å². The highest BCUT2D eigenvalue weighted by molar-refractivity contribution is 5.81. The van der Waals surface area contributed by atoms with E-state index >= 15 is 0 Å². The summed E-state index contributed by atoms with van der Waals surface area (Å²) in [6, 6.07) is 21.5. The van der Waals surface area contributed by atoms with Crippen molar-refractivity contribution >= 4 is 10.9 Å². The Morgan fingerprint density at radius 3 is 2.76 bits per heavy atom. The van der Waals surface area contributed by atoms with Gasteiger partial charge in [-0.3, -0.25) is 5.10 Å². The number of H-pyrrole nitrogens is 1. The van der Waals surface area contributed by atoms with E-state index in [4.69, 9.17) is 9.26 Å². The topological polar surface area (TPSA) is 89.7 Å². The quantitative estimate of drug-likeness (QED) is 0.473. The van der Waals surface area contributed by atoms with Crippen LogP contribution in [0.15, 0.2) is 77.4 Å². The van der Waals surface area contributed by atoms with Crippen molar-refractivity contribution in [2.45, 2.75) is 13.0 Å². The van der Waals surface area contributed by atoms with E-state index < -0.39 is 0 Å². The molecule has 0 aliphatic rings. The second-order valence-corrected chi connectivity index (χ2v) is 6.56. The zero-order valence-corrected chi connectivity index (χ0v) is 15.4. The lowest BCUT2D eigenvalue weighted by Crippen LogP contribution is -1.97. The second-order valence-electron chi connectivity index (χ2n) is 6.56. The lowest BCUT2D eigenvalue weighted by molar-refractivity contribution is 0.294. The standard InChI is InChI=1S/C22H17N5O2/c1-2-6-15(7-3-1)14-28-20-12-16(10-11-23-20)22-24-21(29-27-22)13-19-17-8-4-5-9-18(17)25-26-19/h1-12H,13-14H2,(H,25,26).